The number of carbonyl (C=O) groups excluding carboxylic acids is 4. The molecule has 4 aromatic rings. The van der Waals surface area contributed by atoms with Crippen LogP contribution in [0.3, 0.4) is 0 Å². The number of benzene rings is 2. The molecule has 6 N–H and O–H groups in total. The normalized spacial score (nSPS) is 13.7. The Morgan fingerprint density at radius 1 is 0.872 bits per heavy atom. The fourth-order valence-electron chi connectivity index (χ4n) is 5.44. The van der Waals surface area contributed by atoms with Gasteiger partial charge in [-0.25, -0.2) is 4.98 Å². The van der Waals surface area contributed by atoms with Gasteiger partial charge in [-0.05, 0) is 40.8 Å². The molecule has 4 amide bonds. The van der Waals surface area contributed by atoms with E-state index in [-0.39, 0.29) is 43.5 Å². The van der Waals surface area contributed by atoms with Crippen molar-refractivity contribution in [3.8, 4) is 0 Å². The molecule has 0 saturated heterocycles. The van der Waals surface area contributed by atoms with E-state index < -0.39 is 36.0 Å². The Morgan fingerprint density at radius 2 is 1.60 bits per heavy atom. The van der Waals surface area contributed by atoms with Gasteiger partial charge in [0.2, 0.25) is 23.6 Å². The van der Waals surface area contributed by atoms with Crippen molar-refractivity contribution >= 4 is 34.4 Å². The molecule has 0 unspecified atom stereocenters. The minimum Gasteiger partial charge on any atom is -0.390 e. The Morgan fingerprint density at radius 3 is 2.30 bits per heavy atom. The number of nitrogens with one attached hydrogen (secondary N) is 5. The number of pyridine rings is 1. The summed E-state index contributed by atoms with van der Waals surface area (Å²) in [5, 5.41) is 24.2. The molecule has 0 saturated carbocycles. The van der Waals surface area contributed by atoms with Crippen molar-refractivity contribution in [1.29, 1.82) is 0 Å². The van der Waals surface area contributed by atoms with Crippen molar-refractivity contribution in [3.63, 3.8) is 0 Å². The maximum absolute atomic E-state index is 13.8. The first-order valence-corrected chi connectivity index (χ1v) is 15.8. The second kappa shape index (κ2) is 17.0. The molecule has 0 aliphatic carbocycles. The van der Waals surface area contributed by atoms with Crippen molar-refractivity contribution in [2.24, 2.45) is 5.92 Å². The summed E-state index contributed by atoms with van der Waals surface area (Å²) in [6, 6.07) is 16.1. The largest absolute Gasteiger partial charge is 0.390 e. The van der Waals surface area contributed by atoms with Crippen LogP contribution in [0.25, 0.3) is 10.8 Å². The number of hydrogen-bond acceptors (Lipinski definition) is 7. The van der Waals surface area contributed by atoms with Gasteiger partial charge in [-0.2, -0.15) is 0 Å². The van der Waals surface area contributed by atoms with Gasteiger partial charge in [0.1, 0.15) is 12.1 Å². The first kappa shape index (κ1) is 34.8. The van der Waals surface area contributed by atoms with Gasteiger partial charge in [-0.3, -0.25) is 24.2 Å². The second-order valence-corrected chi connectivity index (χ2v) is 12.1. The number of H-pyrrole nitrogens is 1. The summed E-state index contributed by atoms with van der Waals surface area (Å²) in [5.74, 6) is -1.78. The lowest BCUT2D eigenvalue weighted by molar-refractivity contribution is -0.132. The number of aliphatic hydroxyl groups excluding tert-OH is 1. The molecule has 0 bridgehead atoms. The van der Waals surface area contributed by atoms with Crippen molar-refractivity contribution in [2.75, 3.05) is 0 Å². The smallest absolute Gasteiger partial charge is 0.243 e. The van der Waals surface area contributed by atoms with E-state index in [1.54, 1.807) is 24.5 Å². The zero-order valence-corrected chi connectivity index (χ0v) is 26.9. The van der Waals surface area contributed by atoms with Gasteiger partial charge in [0.25, 0.3) is 0 Å². The highest BCUT2D eigenvalue weighted by molar-refractivity contribution is 5.93. The van der Waals surface area contributed by atoms with E-state index in [0.29, 0.717) is 17.8 Å². The molecule has 0 spiro atoms. The van der Waals surface area contributed by atoms with E-state index in [1.807, 2.05) is 62.4 Å². The number of aliphatic hydroxyl groups is 1. The van der Waals surface area contributed by atoms with Crippen molar-refractivity contribution in [1.82, 2.24) is 36.2 Å². The lowest BCUT2D eigenvalue weighted by Gasteiger charge is -2.29. The molecular formula is C35H43N7O5. The average molecular weight is 642 g/mol. The predicted octanol–water partition coefficient (Wildman–Crippen LogP) is 2.33. The number of hydrogen-bond donors (Lipinski definition) is 6. The van der Waals surface area contributed by atoms with Crippen LogP contribution in [0.1, 0.15) is 50.6 Å². The lowest BCUT2D eigenvalue weighted by atomic mass is 9.96. The Kier molecular flexibility index (Phi) is 12.6. The Hall–Kier alpha value is -5.10. The molecule has 2 aromatic carbocycles. The summed E-state index contributed by atoms with van der Waals surface area (Å²) < 4.78 is 0. The molecule has 2 heterocycles. The Bertz CT molecular complexity index is 1620. The molecule has 0 fully saturated rings. The van der Waals surface area contributed by atoms with Gasteiger partial charge in [0.05, 0.1) is 37.1 Å². The summed E-state index contributed by atoms with van der Waals surface area (Å²) in [7, 11) is 0. The van der Waals surface area contributed by atoms with Gasteiger partial charge in [-0.15, -0.1) is 0 Å². The van der Waals surface area contributed by atoms with Crippen molar-refractivity contribution in [3.05, 3.63) is 96.3 Å². The van der Waals surface area contributed by atoms with E-state index in [2.05, 4.69) is 36.2 Å². The SMILES string of the molecule is CC(=O)N[C@@H](Cc1cccc2ccccc12)C(=O)N[C@@H](Cc1cnc[nH]1)C(=O)N[C@@H](CC(C)C)[C@@H](O)CC(=O)NCc1ccccn1. The summed E-state index contributed by atoms with van der Waals surface area (Å²) >= 11 is 0. The number of nitrogens with zero attached hydrogens (tertiary/aromatic N) is 2. The van der Waals surface area contributed by atoms with Crippen LogP contribution >= 0.6 is 0 Å². The molecule has 0 aliphatic heterocycles. The molecule has 4 rings (SSSR count). The average Bonchev–Trinajstić information content (AvgIpc) is 3.56. The first-order valence-electron chi connectivity index (χ1n) is 15.8. The number of aromatic amines is 1. The van der Waals surface area contributed by atoms with Gasteiger partial charge in [0.15, 0.2) is 0 Å². The third-order valence-corrected chi connectivity index (χ3v) is 7.71. The number of rotatable bonds is 16. The topological polar surface area (TPSA) is 178 Å². The van der Waals surface area contributed by atoms with Crippen LogP contribution in [-0.4, -0.2) is 67.9 Å². The fraction of sp³-hybridized carbons (Fsp3) is 0.371. The molecule has 0 radical (unpaired) electrons. The third kappa shape index (κ3) is 10.7. The summed E-state index contributed by atoms with van der Waals surface area (Å²) in [4.78, 5) is 63.6. The fourth-order valence-corrected chi connectivity index (χ4v) is 5.44. The third-order valence-electron chi connectivity index (χ3n) is 7.71. The Balaban J connectivity index is 1.49. The van der Waals surface area contributed by atoms with Crippen LogP contribution < -0.4 is 21.3 Å². The van der Waals surface area contributed by atoms with E-state index in [9.17, 15) is 24.3 Å². The molecule has 47 heavy (non-hydrogen) atoms. The molecular weight excluding hydrogens is 598 g/mol. The van der Waals surface area contributed by atoms with E-state index in [1.165, 1.54) is 13.3 Å². The summed E-state index contributed by atoms with van der Waals surface area (Å²) in [6.07, 6.45) is 3.90. The predicted molar refractivity (Wildman–Crippen MR) is 178 cm³/mol. The van der Waals surface area contributed by atoms with Crippen LogP contribution in [0, 0.1) is 5.92 Å². The first-order chi connectivity index (χ1) is 22.6. The number of carbonyl (C=O) groups is 4. The summed E-state index contributed by atoms with van der Waals surface area (Å²) in [6.45, 7) is 5.44. The molecule has 4 atom stereocenters. The zero-order chi connectivity index (χ0) is 33.8. The van der Waals surface area contributed by atoms with Gasteiger partial charge < -0.3 is 31.4 Å². The molecule has 12 nitrogen and oxygen atoms in total. The van der Waals surface area contributed by atoms with E-state index in [4.69, 9.17) is 0 Å². The number of imidazole rings is 1. The highest BCUT2D eigenvalue weighted by Gasteiger charge is 2.31. The van der Waals surface area contributed by atoms with Crippen LogP contribution in [-0.2, 0) is 38.6 Å². The second-order valence-electron chi connectivity index (χ2n) is 12.1. The van der Waals surface area contributed by atoms with Crippen LogP contribution in [0.5, 0.6) is 0 Å². The van der Waals surface area contributed by atoms with Crippen LogP contribution in [0.2, 0.25) is 0 Å². The molecule has 0 aliphatic rings. The monoisotopic (exact) mass is 641 g/mol. The zero-order valence-electron chi connectivity index (χ0n) is 26.9. The van der Waals surface area contributed by atoms with E-state index in [0.717, 1.165) is 16.3 Å². The quantitative estimate of drug-likeness (QED) is 0.109. The minimum absolute atomic E-state index is 0.0771. The highest BCUT2D eigenvalue weighted by atomic mass is 16.3. The van der Waals surface area contributed by atoms with E-state index >= 15 is 0 Å². The molecule has 12 heteroatoms. The number of aromatic nitrogens is 3. The highest BCUT2D eigenvalue weighted by Crippen LogP contribution is 2.20. The van der Waals surface area contributed by atoms with Crippen LogP contribution in [0.4, 0.5) is 0 Å². The Labute approximate surface area is 274 Å². The van der Waals surface area contributed by atoms with Gasteiger partial charge in [-0.1, -0.05) is 62.4 Å². The lowest BCUT2D eigenvalue weighted by Crippen LogP contribution is -2.57. The summed E-state index contributed by atoms with van der Waals surface area (Å²) in [5.41, 5.74) is 2.15. The maximum Gasteiger partial charge on any atom is 0.243 e. The standard InChI is InChI=1S/C35H43N7O5/c1-22(2)15-29(32(44)18-33(45)38-20-26-12-6-7-14-37-26)41-35(47)31(17-27-19-36-21-39-27)42-34(46)30(40-23(3)43)16-25-11-8-10-24-9-4-5-13-28(24)25/h4-14,19,21-22,29-32,44H,15-18,20H2,1-3H3,(H,36,39)(H,38,45)(H,40,43)(H,41,47)(H,42,46)/t29-,30-,31-,32-/m0/s1. The minimum atomic E-state index is -1.19. The van der Waals surface area contributed by atoms with Gasteiger partial charge in [0, 0.05) is 37.9 Å². The van der Waals surface area contributed by atoms with Crippen molar-refractivity contribution in [2.45, 2.75) is 77.2 Å². The number of fused-ring (bicyclic) bond motifs is 1. The van der Waals surface area contributed by atoms with Crippen molar-refractivity contribution < 1.29 is 24.3 Å². The molecule has 2 aromatic heterocycles. The molecule has 248 valence electrons. The van der Waals surface area contributed by atoms with Crippen LogP contribution in [0.15, 0.2) is 79.4 Å². The number of amides is 4. The maximum atomic E-state index is 13.8. The van der Waals surface area contributed by atoms with Gasteiger partial charge >= 0.3 is 0 Å².